The number of hydrogen-bond acceptors (Lipinski definition) is 5. The predicted molar refractivity (Wildman–Crippen MR) is 84.7 cm³/mol. The third-order valence-electron chi connectivity index (χ3n) is 3.51. The van der Waals surface area contributed by atoms with Crippen LogP contribution >= 0.6 is 0 Å². The van der Waals surface area contributed by atoms with Crippen molar-refractivity contribution in [2.24, 2.45) is 11.8 Å². The predicted octanol–water partition coefficient (Wildman–Crippen LogP) is 1.56. The number of methoxy groups -OCH3 is 1. The smallest absolute Gasteiger partial charge is 0.407 e. The van der Waals surface area contributed by atoms with Crippen LogP contribution in [0.15, 0.2) is 0 Å². The van der Waals surface area contributed by atoms with Crippen LogP contribution in [0.5, 0.6) is 0 Å². The lowest BCUT2D eigenvalue weighted by Gasteiger charge is -2.37. The summed E-state index contributed by atoms with van der Waals surface area (Å²) in [4.78, 5) is 37.6. The van der Waals surface area contributed by atoms with E-state index in [-0.39, 0.29) is 23.8 Å². The first-order valence-corrected chi connectivity index (χ1v) is 7.89. The number of piperidine rings is 1. The molecule has 7 nitrogen and oxygen atoms in total. The number of ether oxygens (including phenoxy) is 2. The van der Waals surface area contributed by atoms with Gasteiger partial charge in [0, 0.05) is 19.0 Å². The highest BCUT2D eigenvalue weighted by Crippen LogP contribution is 2.20. The van der Waals surface area contributed by atoms with Crippen molar-refractivity contribution < 1.29 is 23.9 Å². The van der Waals surface area contributed by atoms with Gasteiger partial charge in [-0.15, -0.1) is 0 Å². The molecule has 0 aromatic heterocycles. The number of esters is 1. The Morgan fingerprint density at radius 1 is 1.17 bits per heavy atom. The van der Waals surface area contributed by atoms with Gasteiger partial charge in [0.1, 0.15) is 5.60 Å². The molecule has 0 bridgehead atoms. The molecule has 0 radical (unpaired) electrons. The Bertz CT molecular complexity index is 456. The maximum Gasteiger partial charge on any atom is 0.407 e. The van der Waals surface area contributed by atoms with Gasteiger partial charge < -0.3 is 19.7 Å². The molecule has 1 aliphatic heterocycles. The summed E-state index contributed by atoms with van der Waals surface area (Å²) in [5, 5.41) is 2.75. The van der Waals surface area contributed by atoms with E-state index in [2.05, 4.69) is 5.32 Å². The molecule has 23 heavy (non-hydrogen) atoms. The fraction of sp³-hybridized carbons (Fsp3) is 0.812. The van der Waals surface area contributed by atoms with Crippen molar-refractivity contribution in [2.45, 2.75) is 52.7 Å². The van der Waals surface area contributed by atoms with E-state index < -0.39 is 17.6 Å². The van der Waals surface area contributed by atoms with Gasteiger partial charge in [0.05, 0.1) is 19.1 Å². The minimum atomic E-state index is -0.603. The molecule has 132 valence electrons. The van der Waals surface area contributed by atoms with Gasteiger partial charge in [0.2, 0.25) is 5.91 Å². The Morgan fingerprint density at radius 3 is 2.26 bits per heavy atom. The van der Waals surface area contributed by atoms with Crippen molar-refractivity contribution >= 4 is 18.0 Å². The molecule has 1 rings (SSSR count). The highest BCUT2D eigenvalue weighted by atomic mass is 16.6. The van der Waals surface area contributed by atoms with E-state index >= 15 is 0 Å². The summed E-state index contributed by atoms with van der Waals surface area (Å²) in [7, 11) is 1.32. The molecule has 0 saturated carbocycles. The van der Waals surface area contributed by atoms with E-state index in [0.29, 0.717) is 19.5 Å². The van der Waals surface area contributed by atoms with E-state index in [4.69, 9.17) is 9.47 Å². The molecular weight excluding hydrogens is 300 g/mol. The van der Waals surface area contributed by atoms with Crippen LogP contribution in [0.3, 0.4) is 0 Å². The molecule has 1 aliphatic rings. The van der Waals surface area contributed by atoms with Crippen molar-refractivity contribution in [3.8, 4) is 0 Å². The number of hydrogen-bond donors (Lipinski definition) is 1. The van der Waals surface area contributed by atoms with Crippen molar-refractivity contribution in [1.82, 2.24) is 10.2 Å². The number of nitrogens with one attached hydrogen (secondary N) is 1. The molecule has 0 aromatic rings. The lowest BCUT2D eigenvalue weighted by atomic mass is 9.93. The second-order valence-corrected chi connectivity index (χ2v) is 7.20. The van der Waals surface area contributed by atoms with Crippen LogP contribution in [-0.2, 0) is 19.1 Å². The number of nitrogens with zero attached hydrogens (tertiary/aromatic N) is 1. The molecule has 0 spiro atoms. The van der Waals surface area contributed by atoms with Crippen LogP contribution in [0.2, 0.25) is 0 Å². The van der Waals surface area contributed by atoms with Gasteiger partial charge >= 0.3 is 12.1 Å². The van der Waals surface area contributed by atoms with Gasteiger partial charge in [0.15, 0.2) is 0 Å². The third kappa shape index (κ3) is 6.08. The van der Waals surface area contributed by atoms with Crippen LogP contribution in [-0.4, -0.2) is 54.7 Å². The molecule has 7 heteroatoms. The van der Waals surface area contributed by atoms with E-state index in [1.54, 1.807) is 39.5 Å². The van der Waals surface area contributed by atoms with Crippen molar-refractivity contribution in [1.29, 1.82) is 0 Å². The summed E-state index contributed by atoms with van der Waals surface area (Å²) in [6, 6.07) is -0.342. The molecular formula is C16H28N2O5. The van der Waals surface area contributed by atoms with E-state index in [1.165, 1.54) is 7.11 Å². The molecule has 1 heterocycles. The average Bonchev–Trinajstić information content (AvgIpc) is 2.42. The number of alkyl carbamates (subject to hydrolysis) is 1. The Labute approximate surface area is 137 Å². The van der Waals surface area contributed by atoms with Gasteiger partial charge in [-0.05, 0) is 27.2 Å². The first-order valence-electron chi connectivity index (χ1n) is 7.89. The lowest BCUT2D eigenvalue weighted by Crippen LogP contribution is -2.55. The zero-order valence-electron chi connectivity index (χ0n) is 14.8. The van der Waals surface area contributed by atoms with E-state index in [1.807, 2.05) is 0 Å². The Morgan fingerprint density at radius 2 is 1.78 bits per heavy atom. The standard InChI is InChI=1S/C16H28N2O5/c1-10(2)13(19)18-8-11(14(20)22-6)7-12(9-18)17-15(21)23-16(3,4)5/h10-12H,7-9H2,1-6H3,(H,17,21). The van der Waals surface area contributed by atoms with E-state index in [9.17, 15) is 14.4 Å². The molecule has 1 fully saturated rings. The van der Waals surface area contributed by atoms with Gasteiger partial charge in [0.25, 0.3) is 0 Å². The Hall–Kier alpha value is -1.79. The normalized spacial score (nSPS) is 21.8. The second kappa shape index (κ2) is 7.66. The van der Waals surface area contributed by atoms with Gasteiger partial charge in [-0.3, -0.25) is 9.59 Å². The Kier molecular flexibility index (Phi) is 6.41. The first kappa shape index (κ1) is 19.3. The molecule has 1 N–H and O–H groups in total. The van der Waals surface area contributed by atoms with Gasteiger partial charge in [-0.1, -0.05) is 13.8 Å². The van der Waals surface area contributed by atoms with Gasteiger partial charge in [-0.25, -0.2) is 4.79 Å². The monoisotopic (exact) mass is 328 g/mol. The topological polar surface area (TPSA) is 84.9 Å². The van der Waals surface area contributed by atoms with Crippen molar-refractivity contribution in [3.63, 3.8) is 0 Å². The van der Waals surface area contributed by atoms with Crippen LogP contribution in [0.25, 0.3) is 0 Å². The number of likely N-dealkylation sites (tertiary alicyclic amines) is 1. The van der Waals surface area contributed by atoms with Crippen LogP contribution in [0.4, 0.5) is 4.79 Å². The first-order chi connectivity index (χ1) is 10.5. The number of carbonyl (C=O) groups is 3. The third-order valence-corrected chi connectivity index (χ3v) is 3.51. The summed E-state index contributed by atoms with van der Waals surface area (Å²) in [5.74, 6) is -1.04. The average molecular weight is 328 g/mol. The quantitative estimate of drug-likeness (QED) is 0.795. The fourth-order valence-corrected chi connectivity index (χ4v) is 2.56. The maximum atomic E-state index is 12.2. The zero-order valence-corrected chi connectivity index (χ0v) is 14.8. The maximum absolute atomic E-state index is 12.2. The summed E-state index contributed by atoms with van der Waals surface area (Å²) >= 11 is 0. The van der Waals surface area contributed by atoms with Crippen molar-refractivity contribution in [2.75, 3.05) is 20.2 Å². The number of amides is 2. The largest absolute Gasteiger partial charge is 0.469 e. The summed E-state index contributed by atoms with van der Waals surface area (Å²) in [6.45, 7) is 9.62. The van der Waals surface area contributed by atoms with Crippen molar-refractivity contribution in [3.05, 3.63) is 0 Å². The Balaban J connectivity index is 2.79. The molecule has 1 saturated heterocycles. The molecule has 0 aliphatic carbocycles. The highest BCUT2D eigenvalue weighted by Gasteiger charge is 2.36. The molecule has 2 unspecified atom stereocenters. The fourth-order valence-electron chi connectivity index (χ4n) is 2.56. The molecule has 2 amide bonds. The minimum absolute atomic E-state index is 0.0467. The second-order valence-electron chi connectivity index (χ2n) is 7.20. The molecule has 2 atom stereocenters. The summed E-state index contributed by atoms with van der Waals surface area (Å²) in [6.07, 6.45) is -0.127. The highest BCUT2D eigenvalue weighted by molar-refractivity contribution is 5.80. The SMILES string of the molecule is COC(=O)C1CC(NC(=O)OC(C)(C)C)CN(C(=O)C(C)C)C1. The minimum Gasteiger partial charge on any atom is -0.469 e. The lowest BCUT2D eigenvalue weighted by molar-refractivity contribution is -0.150. The van der Waals surface area contributed by atoms with Crippen LogP contribution < -0.4 is 5.32 Å². The van der Waals surface area contributed by atoms with Crippen LogP contribution in [0.1, 0.15) is 41.0 Å². The summed E-state index contributed by atoms with van der Waals surface area (Å²) in [5.41, 5.74) is -0.603. The number of carbonyl (C=O) groups excluding carboxylic acids is 3. The molecule has 0 aromatic carbocycles. The zero-order chi connectivity index (χ0) is 17.8. The summed E-state index contributed by atoms with van der Waals surface area (Å²) < 4.78 is 10.0. The number of rotatable bonds is 3. The van der Waals surface area contributed by atoms with Gasteiger partial charge in [-0.2, -0.15) is 0 Å². The van der Waals surface area contributed by atoms with E-state index in [0.717, 1.165) is 0 Å². The van der Waals surface area contributed by atoms with Crippen LogP contribution in [0, 0.1) is 11.8 Å².